The molecule has 0 spiro atoms. The lowest BCUT2D eigenvalue weighted by Gasteiger charge is -2.47. The van der Waals surface area contributed by atoms with Gasteiger partial charge in [-0.25, -0.2) is 0 Å². The molecule has 0 bridgehead atoms. The van der Waals surface area contributed by atoms with Crippen molar-refractivity contribution in [1.29, 1.82) is 0 Å². The minimum atomic E-state index is -1.46. The number of carbonyl (C=O) groups excluding carboxylic acids is 7. The molecule has 2 aliphatic rings. The van der Waals surface area contributed by atoms with Crippen molar-refractivity contribution in [1.82, 2.24) is 0 Å². The molecule has 0 aromatic carbocycles. The van der Waals surface area contributed by atoms with Gasteiger partial charge in [-0.15, -0.1) is 0 Å². The first-order valence-electron chi connectivity index (χ1n) is 13.1. The molecule has 2 aliphatic heterocycles. The average Bonchev–Trinajstić information content (AvgIpc) is 2.84. The Hall–Kier alpha value is -3.44. The number of thioether (sulfide) groups is 1. The second-order valence-electron chi connectivity index (χ2n) is 9.64. The van der Waals surface area contributed by atoms with Crippen molar-refractivity contribution in [3.63, 3.8) is 0 Å². The van der Waals surface area contributed by atoms with Crippen LogP contribution in [0.1, 0.15) is 55.4 Å². The molecule has 10 atom stereocenters. The van der Waals surface area contributed by atoms with E-state index in [0.717, 1.165) is 60.2 Å². The van der Waals surface area contributed by atoms with Gasteiger partial charge in [0, 0.05) is 48.5 Å². The van der Waals surface area contributed by atoms with Crippen LogP contribution in [0.4, 0.5) is 0 Å². The summed E-state index contributed by atoms with van der Waals surface area (Å²) in [6, 6.07) is 0. The van der Waals surface area contributed by atoms with Gasteiger partial charge in [0.15, 0.2) is 36.6 Å². The molecule has 242 valence electrons. The average molecular weight is 637 g/mol. The molecule has 0 aromatic rings. The third kappa shape index (κ3) is 10.7. The molecule has 0 saturated carbocycles. The zero-order valence-electron chi connectivity index (χ0n) is 24.9. The van der Waals surface area contributed by atoms with E-state index in [1.165, 1.54) is 6.92 Å². The molecule has 0 amide bonds. The Kier molecular flexibility index (Phi) is 13.2. The molecule has 2 saturated heterocycles. The highest BCUT2D eigenvalue weighted by molar-refractivity contribution is 8.00. The summed E-state index contributed by atoms with van der Waals surface area (Å²) in [4.78, 5) is 83.9. The highest BCUT2D eigenvalue weighted by Gasteiger charge is 2.56. The van der Waals surface area contributed by atoms with Crippen molar-refractivity contribution < 1.29 is 76.2 Å². The Bertz CT molecular complexity index is 1080. The molecule has 17 heteroatoms. The van der Waals surface area contributed by atoms with Gasteiger partial charge < -0.3 is 42.6 Å². The predicted molar refractivity (Wildman–Crippen MR) is 141 cm³/mol. The van der Waals surface area contributed by atoms with Crippen molar-refractivity contribution in [2.24, 2.45) is 0 Å². The second kappa shape index (κ2) is 15.9. The Labute approximate surface area is 251 Å². The normalized spacial score (nSPS) is 31.9. The van der Waals surface area contributed by atoms with Gasteiger partial charge in [0.05, 0.1) is 6.10 Å². The summed E-state index contributed by atoms with van der Waals surface area (Å²) in [6.45, 7) is 8.79. The Morgan fingerprint density at radius 1 is 0.488 bits per heavy atom. The first kappa shape index (κ1) is 35.8. The van der Waals surface area contributed by atoms with Crippen LogP contribution in [-0.2, 0) is 76.2 Å². The van der Waals surface area contributed by atoms with Crippen LogP contribution in [0.3, 0.4) is 0 Å². The molecule has 0 aliphatic carbocycles. The minimum absolute atomic E-state index is 0.463. The van der Waals surface area contributed by atoms with Gasteiger partial charge in [0.2, 0.25) is 0 Å². The number of esters is 7. The van der Waals surface area contributed by atoms with E-state index in [0.29, 0.717) is 0 Å². The van der Waals surface area contributed by atoms with Gasteiger partial charge >= 0.3 is 41.8 Å². The van der Waals surface area contributed by atoms with Gasteiger partial charge in [-0.05, 0) is 6.92 Å². The lowest BCUT2D eigenvalue weighted by molar-refractivity contribution is -0.240. The first-order valence-corrected chi connectivity index (χ1v) is 14.1. The molecule has 0 radical (unpaired) electrons. The van der Waals surface area contributed by atoms with Gasteiger partial charge in [-0.1, -0.05) is 11.8 Å². The zero-order valence-corrected chi connectivity index (χ0v) is 25.7. The lowest BCUT2D eigenvalue weighted by Crippen LogP contribution is -2.63. The Morgan fingerprint density at radius 2 is 0.837 bits per heavy atom. The molecule has 0 unspecified atom stereocenters. The van der Waals surface area contributed by atoms with Crippen molar-refractivity contribution in [2.75, 3.05) is 6.61 Å². The van der Waals surface area contributed by atoms with Crippen LogP contribution in [0.25, 0.3) is 0 Å². The number of rotatable bonds is 10. The van der Waals surface area contributed by atoms with E-state index >= 15 is 0 Å². The van der Waals surface area contributed by atoms with Gasteiger partial charge in [-0.3, -0.25) is 33.6 Å². The second-order valence-corrected chi connectivity index (χ2v) is 10.8. The molecule has 0 aromatic heterocycles. The van der Waals surface area contributed by atoms with Crippen molar-refractivity contribution in [2.45, 2.75) is 115 Å². The van der Waals surface area contributed by atoms with Crippen molar-refractivity contribution in [3.8, 4) is 0 Å². The quantitative estimate of drug-likeness (QED) is 0.234. The molecule has 43 heavy (non-hydrogen) atoms. The third-order valence-electron chi connectivity index (χ3n) is 5.85. The minimum Gasteiger partial charge on any atom is -0.463 e. The maximum atomic E-state index is 12.2. The van der Waals surface area contributed by atoms with Crippen molar-refractivity contribution >= 4 is 53.5 Å². The summed E-state index contributed by atoms with van der Waals surface area (Å²) in [5.41, 5.74) is -2.53. The predicted octanol–water partition coefficient (Wildman–Crippen LogP) is 0.343. The molecular formula is C26H36O16S. The van der Waals surface area contributed by atoms with Crippen LogP contribution < -0.4 is 0 Å². The summed E-state index contributed by atoms with van der Waals surface area (Å²) < 4.78 is 49.7. The van der Waals surface area contributed by atoms with E-state index in [9.17, 15) is 33.6 Å². The smallest absolute Gasteiger partial charge is 0.303 e. The van der Waals surface area contributed by atoms with Crippen LogP contribution in [0.2, 0.25) is 0 Å². The molecular weight excluding hydrogens is 600 g/mol. The van der Waals surface area contributed by atoms with Gasteiger partial charge in [0.1, 0.15) is 23.6 Å². The fraction of sp³-hybridized carbons (Fsp3) is 0.731. The highest BCUT2D eigenvalue weighted by Crippen LogP contribution is 2.41. The maximum absolute atomic E-state index is 12.2. The Morgan fingerprint density at radius 3 is 1.26 bits per heavy atom. The van der Waals surface area contributed by atoms with Crippen LogP contribution >= 0.6 is 11.8 Å². The van der Waals surface area contributed by atoms with E-state index in [1.54, 1.807) is 0 Å². The van der Waals surface area contributed by atoms with E-state index in [4.69, 9.17) is 42.6 Å². The SMILES string of the molecule is CC(=O)OC[C@H]1O[C@@H](S[C@@H]2O[C@@H](C)[C@H](OC(C)=O)[C@@H](OC(C)=O)[C@H]2OC(C)=O)[C@H](OC(C)=O)[C@@H](OC(C)=O)[C@H]1OC(C)=O. The van der Waals surface area contributed by atoms with Crippen LogP contribution in [-0.4, -0.2) is 108 Å². The topological polar surface area (TPSA) is 203 Å². The maximum Gasteiger partial charge on any atom is 0.303 e. The molecule has 2 heterocycles. The Balaban J connectivity index is 2.59. The monoisotopic (exact) mass is 636 g/mol. The summed E-state index contributed by atoms with van der Waals surface area (Å²) in [5.74, 6) is -5.43. The summed E-state index contributed by atoms with van der Waals surface area (Å²) in [6.07, 6.45) is -10.4. The largest absolute Gasteiger partial charge is 0.463 e. The van der Waals surface area contributed by atoms with Crippen molar-refractivity contribution in [3.05, 3.63) is 0 Å². The molecule has 2 fully saturated rings. The summed E-state index contributed by atoms with van der Waals surface area (Å²) in [5, 5.41) is 0. The molecule has 0 N–H and O–H groups in total. The molecule has 16 nitrogen and oxygen atoms in total. The zero-order chi connectivity index (χ0) is 32.6. The van der Waals surface area contributed by atoms with Gasteiger partial charge in [0.25, 0.3) is 0 Å². The van der Waals surface area contributed by atoms with E-state index in [2.05, 4.69) is 0 Å². The summed E-state index contributed by atoms with van der Waals surface area (Å²) >= 11 is 0.784. The van der Waals surface area contributed by atoms with E-state index in [-0.39, 0.29) is 0 Å². The first-order chi connectivity index (χ1) is 20.0. The number of ether oxygens (including phenoxy) is 9. The number of carbonyl (C=O) groups is 7. The van der Waals surface area contributed by atoms with Crippen LogP contribution in [0.5, 0.6) is 0 Å². The number of hydrogen-bond acceptors (Lipinski definition) is 17. The third-order valence-corrected chi connectivity index (χ3v) is 7.15. The fourth-order valence-electron chi connectivity index (χ4n) is 4.51. The fourth-order valence-corrected chi connectivity index (χ4v) is 5.95. The molecule has 2 rings (SSSR count). The summed E-state index contributed by atoms with van der Waals surface area (Å²) in [7, 11) is 0. The number of hydrogen-bond donors (Lipinski definition) is 0. The standard InChI is InChI=1S/C26H36O16S/c1-10-19(36-12(3)28)21(38-14(5)30)23(40-16(7)32)25(35-10)43-26-24(41-17(8)33)22(39-15(6)31)20(37-13(4)29)18(42-26)9-34-11(2)27/h10,18-26H,9H2,1-8H3/t10-,18+,19-,20-,21+,22-,23+,24+,25-,26-/m0/s1. The van der Waals surface area contributed by atoms with Crippen LogP contribution in [0, 0.1) is 0 Å². The highest BCUT2D eigenvalue weighted by atomic mass is 32.2. The lowest BCUT2D eigenvalue weighted by atomic mass is 9.99. The van der Waals surface area contributed by atoms with E-state index in [1.807, 2.05) is 0 Å². The van der Waals surface area contributed by atoms with E-state index < -0.39 is 108 Å². The van der Waals surface area contributed by atoms with Crippen LogP contribution in [0.15, 0.2) is 0 Å². The van der Waals surface area contributed by atoms with Gasteiger partial charge in [-0.2, -0.15) is 0 Å².